The van der Waals surface area contributed by atoms with Crippen molar-refractivity contribution in [1.82, 2.24) is 15.3 Å². The molecule has 1 aliphatic rings. The first kappa shape index (κ1) is 21.5. The number of nitrogens with one attached hydrogen (secondary N) is 2. The highest BCUT2D eigenvalue weighted by molar-refractivity contribution is 5.82. The lowest BCUT2D eigenvalue weighted by Crippen LogP contribution is -2.31. The fourth-order valence-corrected chi connectivity index (χ4v) is 3.71. The summed E-state index contributed by atoms with van der Waals surface area (Å²) in [5, 5.41) is 6.16. The first-order chi connectivity index (χ1) is 14.6. The molecule has 1 amide bonds. The third kappa shape index (κ3) is 5.65. The lowest BCUT2D eigenvalue weighted by atomic mass is 9.88. The average molecular weight is 407 g/mol. The third-order valence-electron chi connectivity index (χ3n) is 5.43. The van der Waals surface area contributed by atoms with Crippen LogP contribution in [0, 0.1) is 12.8 Å². The van der Waals surface area contributed by atoms with Crippen molar-refractivity contribution in [1.29, 1.82) is 0 Å². The van der Waals surface area contributed by atoms with Crippen molar-refractivity contribution >= 4 is 18.1 Å². The molecule has 0 aliphatic heterocycles. The predicted molar refractivity (Wildman–Crippen MR) is 121 cm³/mol. The van der Waals surface area contributed by atoms with Gasteiger partial charge in [0.1, 0.15) is 0 Å². The summed E-state index contributed by atoms with van der Waals surface area (Å²) in [4.78, 5) is 25.2. The SMILES string of the molecule is CN=CC(=CN)Nc1nccc(-c2ccc(CNC(=O)C3CCCCC3)c(C)c2)n1. The monoisotopic (exact) mass is 406 g/mol. The Kier molecular flexibility index (Phi) is 7.54. The second-order valence-corrected chi connectivity index (χ2v) is 7.59. The van der Waals surface area contributed by atoms with Crippen molar-refractivity contribution in [2.75, 3.05) is 12.4 Å². The van der Waals surface area contributed by atoms with E-state index in [0.717, 1.165) is 48.1 Å². The lowest BCUT2D eigenvalue weighted by molar-refractivity contribution is -0.126. The van der Waals surface area contributed by atoms with Gasteiger partial charge in [0.15, 0.2) is 0 Å². The molecule has 1 aromatic heterocycles. The van der Waals surface area contributed by atoms with Crippen LogP contribution in [0.5, 0.6) is 0 Å². The topological polar surface area (TPSA) is 105 Å². The van der Waals surface area contributed by atoms with E-state index in [1.54, 1.807) is 19.5 Å². The van der Waals surface area contributed by atoms with Crippen LogP contribution in [0.4, 0.5) is 5.95 Å². The van der Waals surface area contributed by atoms with Crippen LogP contribution in [-0.4, -0.2) is 29.1 Å². The normalized spacial score (nSPS) is 15.3. The smallest absolute Gasteiger partial charge is 0.227 e. The Morgan fingerprint density at radius 2 is 2.07 bits per heavy atom. The number of carbonyl (C=O) groups excluding carboxylic acids is 1. The summed E-state index contributed by atoms with van der Waals surface area (Å²) < 4.78 is 0. The number of benzene rings is 1. The van der Waals surface area contributed by atoms with E-state index in [0.29, 0.717) is 18.2 Å². The molecule has 3 rings (SSSR count). The molecular weight excluding hydrogens is 376 g/mol. The molecule has 1 heterocycles. The van der Waals surface area contributed by atoms with Gasteiger partial charge in [0, 0.05) is 43.7 Å². The zero-order valence-corrected chi connectivity index (χ0v) is 17.7. The van der Waals surface area contributed by atoms with Crippen molar-refractivity contribution in [3.63, 3.8) is 0 Å². The standard InChI is InChI=1S/C23H30N6O/c1-16-12-18(21-10-11-26-23(29-21)28-20(13-24)15-25-2)8-9-19(16)14-27-22(30)17-6-4-3-5-7-17/h8-13,15,17H,3-7,14,24H2,1-2H3,(H,27,30)(H,26,28,29). The number of allylic oxidation sites excluding steroid dienone is 1. The highest BCUT2D eigenvalue weighted by atomic mass is 16.1. The predicted octanol–water partition coefficient (Wildman–Crippen LogP) is 3.56. The molecule has 7 heteroatoms. The highest BCUT2D eigenvalue weighted by Gasteiger charge is 2.20. The summed E-state index contributed by atoms with van der Waals surface area (Å²) in [6, 6.07) is 8.02. The molecule has 1 fully saturated rings. The zero-order valence-electron chi connectivity index (χ0n) is 17.7. The van der Waals surface area contributed by atoms with E-state index in [4.69, 9.17) is 5.73 Å². The fourth-order valence-electron chi connectivity index (χ4n) is 3.71. The quantitative estimate of drug-likeness (QED) is 0.610. The third-order valence-corrected chi connectivity index (χ3v) is 5.43. The Hall–Kier alpha value is -3.22. The van der Waals surface area contributed by atoms with E-state index < -0.39 is 0 Å². The second kappa shape index (κ2) is 10.5. The van der Waals surface area contributed by atoms with Crippen LogP contribution in [0.3, 0.4) is 0 Å². The maximum absolute atomic E-state index is 12.4. The van der Waals surface area contributed by atoms with Crippen LogP contribution in [0.1, 0.15) is 43.2 Å². The number of anilines is 1. The fraction of sp³-hybridized carbons (Fsp3) is 0.391. The maximum Gasteiger partial charge on any atom is 0.227 e. The number of rotatable bonds is 7. The summed E-state index contributed by atoms with van der Waals surface area (Å²) in [6.45, 7) is 2.61. The van der Waals surface area contributed by atoms with Crippen molar-refractivity contribution in [3.8, 4) is 11.3 Å². The number of aliphatic imine (C=N–C) groups is 1. The minimum Gasteiger partial charge on any atom is -0.403 e. The zero-order chi connectivity index (χ0) is 21.3. The van der Waals surface area contributed by atoms with Gasteiger partial charge in [-0.15, -0.1) is 0 Å². The van der Waals surface area contributed by atoms with Crippen molar-refractivity contribution in [2.24, 2.45) is 16.6 Å². The number of carbonyl (C=O) groups is 1. The van der Waals surface area contributed by atoms with E-state index in [2.05, 4.69) is 44.7 Å². The summed E-state index contributed by atoms with van der Waals surface area (Å²) >= 11 is 0. The number of hydrogen-bond donors (Lipinski definition) is 3. The van der Waals surface area contributed by atoms with E-state index in [1.165, 1.54) is 12.6 Å². The molecule has 2 aromatic rings. The van der Waals surface area contributed by atoms with Crippen molar-refractivity contribution in [2.45, 2.75) is 45.6 Å². The largest absolute Gasteiger partial charge is 0.403 e. The number of aromatic nitrogens is 2. The van der Waals surface area contributed by atoms with Gasteiger partial charge in [0.25, 0.3) is 0 Å². The minimum absolute atomic E-state index is 0.176. The number of nitrogens with zero attached hydrogens (tertiary/aromatic N) is 3. The molecular formula is C23H30N6O. The maximum atomic E-state index is 12.4. The van der Waals surface area contributed by atoms with Gasteiger partial charge in [-0.2, -0.15) is 0 Å². The van der Waals surface area contributed by atoms with Gasteiger partial charge in [0.05, 0.1) is 11.4 Å². The van der Waals surface area contributed by atoms with Crippen LogP contribution >= 0.6 is 0 Å². The average Bonchev–Trinajstić information content (AvgIpc) is 2.78. The molecule has 0 spiro atoms. The number of nitrogens with two attached hydrogens (primary N) is 1. The Labute approximate surface area is 177 Å². The number of aryl methyl sites for hydroxylation is 1. The molecule has 0 bridgehead atoms. The van der Waals surface area contributed by atoms with E-state index >= 15 is 0 Å². The van der Waals surface area contributed by atoms with E-state index in [9.17, 15) is 4.79 Å². The van der Waals surface area contributed by atoms with Crippen molar-refractivity contribution in [3.05, 3.63) is 53.5 Å². The molecule has 0 saturated heterocycles. The van der Waals surface area contributed by atoms with E-state index in [-0.39, 0.29) is 11.8 Å². The Morgan fingerprint density at radius 3 is 2.77 bits per heavy atom. The molecule has 158 valence electrons. The van der Waals surface area contributed by atoms with Crippen LogP contribution in [0.2, 0.25) is 0 Å². The van der Waals surface area contributed by atoms with Crippen LogP contribution in [-0.2, 0) is 11.3 Å². The molecule has 1 aliphatic carbocycles. The van der Waals surface area contributed by atoms with Crippen LogP contribution in [0.15, 0.2) is 47.4 Å². The second-order valence-electron chi connectivity index (χ2n) is 7.59. The molecule has 0 radical (unpaired) electrons. The molecule has 7 nitrogen and oxygen atoms in total. The first-order valence-electron chi connectivity index (χ1n) is 10.4. The first-order valence-corrected chi connectivity index (χ1v) is 10.4. The minimum atomic E-state index is 0.176. The van der Waals surface area contributed by atoms with Gasteiger partial charge in [-0.25, -0.2) is 9.97 Å². The number of amides is 1. The van der Waals surface area contributed by atoms with Gasteiger partial charge in [0.2, 0.25) is 11.9 Å². The Bertz CT molecular complexity index is 931. The van der Waals surface area contributed by atoms with Crippen molar-refractivity contribution < 1.29 is 4.79 Å². The molecule has 1 saturated carbocycles. The molecule has 1 aromatic carbocycles. The Balaban J connectivity index is 1.67. The summed E-state index contributed by atoms with van der Waals surface area (Å²) in [5.41, 5.74) is 10.2. The van der Waals surface area contributed by atoms with Gasteiger partial charge in [-0.05, 0) is 43.0 Å². The van der Waals surface area contributed by atoms with Gasteiger partial charge >= 0.3 is 0 Å². The van der Waals surface area contributed by atoms with Gasteiger partial charge < -0.3 is 16.4 Å². The number of hydrogen-bond acceptors (Lipinski definition) is 6. The van der Waals surface area contributed by atoms with E-state index in [1.807, 2.05) is 12.1 Å². The highest BCUT2D eigenvalue weighted by Crippen LogP contribution is 2.24. The van der Waals surface area contributed by atoms with Crippen LogP contribution < -0.4 is 16.4 Å². The molecule has 0 unspecified atom stereocenters. The molecule has 4 N–H and O–H groups in total. The lowest BCUT2D eigenvalue weighted by Gasteiger charge is -2.21. The summed E-state index contributed by atoms with van der Waals surface area (Å²) in [5.74, 6) is 0.810. The molecule has 0 atom stereocenters. The van der Waals surface area contributed by atoms with Crippen LogP contribution in [0.25, 0.3) is 11.3 Å². The molecule has 30 heavy (non-hydrogen) atoms. The summed E-state index contributed by atoms with van der Waals surface area (Å²) in [6.07, 6.45) is 10.3. The van der Waals surface area contributed by atoms with Gasteiger partial charge in [-0.1, -0.05) is 31.4 Å². The van der Waals surface area contributed by atoms with Gasteiger partial charge in [-0.3, -0.25) is 9.79 Å². The Morgan fingerprint density at radius 1 is 1.27 bits per heavy atom. The summed E-state index contributed by atoms with van der Waals surface area (Å²) in [7, 11) is 1.67.